The van der Waals surface area contributed by atoms with Crippen LogP contribution in [-0.4, -0.2) is 49.5 Å². The number of piperazine rings is 1. The minimum Gasteiger partial charge on any atom is -0.484 e. The Labute approximate surface area is 182 Å². The van der Waals surface area contributed by atoms with Crippen LogP contribution < -0.4 is 15.0 Å². The molecule has 7 heteroatoms. The summed E-state index contributed by atoms with van der Waals surface area (Å²) in [5.74, 6) is 0.976. The maximum absolute atomic E-state index is 12.2. The van der Waals surface area contributed by atoms with Crippen LogP contribution in [0.3, 0.4) is 0 Å². The van der Waals surface area contributed by atoms with Crippen molar-refractivity contribution in [2.24, 2.45) is 5.92 Å². The molecule has 0 spiro atoms. The molecule has 1 fully saturated rings. The van der Waals surface area contributed by atoms with E-state index < -0.39 is 0 Å². The first-order chi connectivity index (χ1) is 14.4. The van der Waals surface area contributed by atoms with Crippen molar-refractivity contribution in [3.63, 3.8) is 0 Å². The Morgan fingerprint density at radius 1 is 1.07 bits per heavy atom. The van der Waals surface area contributed by atoms with Crippen molar-refractivity contribution in [1.82, 2.24) is 4.90 Å². The van der Waals surface area contributed by atoms with E-state index in [9.17, 15) is 9.59 Å². The number of para-hydroxylation sites is 1. The summed E-state index contributed by atoms with van der Waals surface area (Å²) in [6.45, 7) is 6.90. The van der Waals surface area contributed by atoms with Gasteiger partial charge in [-0.15, -0.1) is 0 Å². The van der Waals surface area contributed by atoms with Crippen molar-refractivity contribution in [1.29, 1.82) is 0 Å². The number of benzene rings is 2. The zero-order valence-corrected chi connectivity index (χ0v) is 18.2. The number of anilines is 2. The van der Waals surface area contributed by atoms with Crippen LogP contribution in [0.25, 0.3) is 0 Å². The molecule has 1 saturated heterocycles. The predicted octanol–water partition coefficient (Wildman–Crippen LogP) is 4.05. The summed E-state index contributed by atoms with van der Waals surface area (Å²) in [4.78, 5) is 28.5. The molecule has 0 atom stereocenters. The van der Waals surface area contributed by atoms with Gasteiger partial charge in [-0.1, -0.05) is 43.6 Å². The molecule has 2 amide bonds. The minimum atomic E-state index is -0.250. The van der Waals surface area contributed by atoms with Gasteiger partial charge in [0.05, 0.1) is 10.7 Å². The summed E-state index contributed by atoms with van der Waals surface area (Å²) in [6.07, 6.45) is 0.586. The first-order valence-corrected chi connectivity index (χ1v) is 10.6. The van der Waals surface area contributed by atoms with Gasteiger partial charge in [-0.25, -0.2) is 0 Å². The SMILES string of the molecule is CC(C)CC(=O)N1CCN(c2ccc(NC(=O)COc3ccccc3)cc2Cl)CC1. The zero-order valence-electron chi connectivity index (χ0n) is 17.4. The number of nitrogens with zero attached hydrogens (tertiary/aromatic N) is 2. The summed E-state index contributed by atoms with van der Waals surface area (Å²) in [5.41, 5.74) is 1.53. The van der Waals surface area contributed by atoms with Crippen LogP contribution in [0.5, 0.6) is 5.75 Å². The molecule has 160 valence electrons. The summed E-state index contributed by atoms with van der Waals surface area (Å²) >= 11 is 6.48. The molecule has 0 bridgehead atoms. The van der Waals surface area contributed by atoms with Gasteiger partial charge in [-0.05, 0) is 36.2 Å². The van der Waals surface area contributed by atoms with Gasteiger partial charge in [0, 0.05) is 38.3 Å². The normalized spacial score (nSPS) is 14.0. The summed E-state index contributed by atoms with van der Waals surface area (Å²) in [5, 5.41) is 3.37. The summed E-state index contributed by atoms with van der Waals surface area (Å²) in [6, 6.07) is 14.7. The molecule has 0 radical (unpaired) electrons. The molecule has 3 rings (SSSR count). The van der Waals surface area contributed by atoms with Gasteiger partial charge in [0.2, 0.25) is 5.91 Å². The van der Waals surface area contributed by atoms with Crippen molar-refractivity contribution in [2.75, 3.05) is 43.0 Å². The lowest BCUT2D eigenvalue weighted by Gasteiger charge is -2.36. The fourth-order valence-electron chi connectivity index (χ4n) is 3.38. The molecule has 6 nitrogen and oxygen atoms in total. The lowest BCUT2D eigenvalue weighted by Crippen LogP contribution is -2.49. The molecule has 30 heavy (non-hydrogen) atoms. The molecular formula is C23H28ClN3O3. The summed E-state index contributed by atoms with van der Waals surface area (Å²) < 4.78 is 5.46. The van der Waals surface area contributed by atoms with Crippen molar-refractivity contribution < 1.29 is 14.3 Å². The highest BCUT2D eigenvalue weighted by Gasteiger charge is 2.23. The van der Waals surface area contributed by atoms with E-state index >= 15 is 0 Å². The first-order valence-electron chi connectivity index (χ1n) is 10.2. The lowest BCUT2D eigenvalue weighted by molar-refractivity contribution is -0.132. The number of ether oxygens (including phenoxy) is 1. The molecule has 1 heterocycles. The van der Waals surface area contributed by atoms with Crippen molar-refractivity contribution in [2.45, 2.75) is 20.3 Å². The quantitative estimate of drug-likeness (QED) is 0.721. The topological polar surface area (TPSA) is 61.9 Å². The third kappa shape index (κ3) is 6.13. The highest BCUT2D eigenvalue weighted by Crippen LogP contribution is 2.30. The van der Waals surface area contributed by atoms with E-state index in [1.165, 1.54) is 0 Å². The van der Waals surface area contributed by atoms with Crippen LogP contribution in [0.2, 0.25) is 5.02 Å². The van der Waals surface area contributed by atoms with Gasteiger partial charge < -0.3 is 19.9 Å². The number of carbonyl (C=O) groups is 2. The van der Waals surface area contributed by atoms with Gasteiger partial charge in [-0.2, -0.15) is 0 Å². The van der Waals surface area contributed by atoms with Crippen LogP contribution in [0, 0.1) is 5.92 Å². The molecule has 0 aromatic heterocycles. The predicted molar refractivity (Wildman–Crippen MR) is 120 cm³/mol. The fraction of sp³-hybridized carbons (Fsp3) is 0.391. The van der Waals surface area contributed by atoms with Crippen molar-refractivity contribution in [3.8, 4) is 5.75 Å². The van der Waals surface area contributed by atoms with Crippen LogP contribution >= 0.6 is 11.6 Å². The van der Waals surface area contributed by atoms with Gasteiger partial charge >= 0.3 is 0 Å². The van der Waals surface area contributed by atoms with Gasteiger partial charge in [0.1, 0.15) is 5.75 Å². The molecule has 2 aromatic carbocycles. The Bertz CT molecular complexity index is 865. The fourth-order valence-corrected chi connectivity index (χ4v) is 3.68. The number of hydrogen-bond donors (Lipinski definition) is 1. The lowest BCUT2D eigenvalue weighted by atomic mass is 10.1. The smallest absolute Gasteiger partial charge is 0.262 e. The van der Waals surface area contributed by atoms with E-state index in [2.05, 4.69) is 24.1 Å². The third-order valence-corrected chi connectivity index (χ3v) is 5.20. The monoisotopic (exact) mass is 429 g/mol. The van der Waals surface area contributed by atoms with E-state index in [0.29, 0.717) is 41.9 Å². The number of halogens is 1. The van der Waals surface area contributed by atoms with E-state index in [1.807, 2.05) is 35.2 Å². The van der Waals surface area contributed by atoms with E-state index in [4.69, 9.17) is 16.3 Å². The number of rotatable bonds is 7. The molecule has 1 aliphatic rings. The Kier molecular flexibility index (Phi) is 7.57. The second kappa shape index (κ2) is 10.3. The number of hydrogen-bond acceptors (Lipinski definition) is 4. The largest absolute Gasteiger partial charge is 0.484 e. The molecule has 1 aliphatic heterocycles. The molecular weight excluding hydrogens is 402 g/mol. The standard InChI is InChI=1S/C23H28ClN3O3/c1-17(2)14-23(29)27-12-10-26(11-13-27)21-9-8-18(15-20(21)24)25-22(28)16-30-19-6-4-3-5-7-19/h3-9,15,17H,10-14,16H2,1-2H3,(H,25,28). The average molecular weight is 430 g/mol. The maximum Gasteiger partial charge on any atom is 0.262 e. The maximum atomic E-state index is 12.2. The van der Waals surface area contributed by atoms with E-state index in [1.54, 1.807) is 18.2 Å². The molecule has 0 aliphatic carbocycles. The van der Waals surface area contributed by atoms with E-state index in [0.717, 1.165) is 18.8 Å². The van der Waals surface area contributed by atoms with Gasteiger partial charge in [0.25, 0.3) is 5.91 Å². The highest BCUT2D eigenvalue weighted by atomic mass is 35.5. The second-order valence-electron chi connectivity index (χ2n) is 7.78. The Morgan fingerprint density at radius 2 is 1.77 bits per heavy atom. The first kappa shape index (κ1) is 22.0. The number of amides is 2. The Morgan fingerprint density at radius 3 is 2.40 bits per heavy atom. The summed E-state index contributed by atoms with van der Waals surface area (Å²) in [7, 11) is 0. The van der Waals surface area contributed by atoms with Crippen LogP contribution in [0.4, 0.5) is 11.4 Å². The van der Waals surface area contributed by atoms with E-state index in [-0.39, 0.29) is 18.4 Å². The van der Waals surface area contributed by atoms with Crippen molar-refractivity contribution in [3.05, 3.63) is 53.6 Å². The number of nitrogens with one attached hydrogen (secondary N) is 1. The molecule has 2 aromatic rings. The Hall–Kier alpha value is -2.73. The molecule has 0 unspecified atom stereocenters. The number of carbonyl (C=O) groups excluding carboxylic acids is 2. The average Bonchev–Trinajstić information content (AvgIpc) is 2.73. The molecule has 1 N–H and O–H groups in total. The van der Waals surface area contributed by atoms with Crippen LogP contribution in [-0.2, 0) is 9.59 Å². The Balaban J connectivity index is 1.51. The van der Waals surface area contributed by atoms with Crippen molar-refractivity contribution >= 4 is 34.8 Å². The zero-order chi connectivity index (χ0) is 21.5. The molecule has 0 saturated carbocycles. The minimum absolute atomic E-state index is 0.0737. The highest BCUT2D eigenvalue weighted by molar-refractivity contribution is 6.33. The van der Waals surface area contributed by atoms with Crippen LogP contribution in [0.15, 0.2) is 48.5 Å². The second-order valence-corrected chi connectivity index (χ2v) is 8.19. The van der Waals surface area contributed by atoms with Gasteiger partial charge in [0.15, 0.2) is 6.61 Å². The van der Waals surface area contributed by atoms with Gasteiger partial charge in [-0.3, -0.25) is 9.59 Å². The third-order valence-electron chi connectivity index (χ3n) is 4.90. The van der Waals surface area contributed by atoms with Crippen LogP contribution in [0.1, 0.15) is 20.3 Å².